The normalized spacial score (nSPS) is 19.7. The van der Waals surface area contributed by atoms with Gasteiger partial charge in [-0.15, -0.1) is 0 Å². The molecular formula is C31H41ClN3NaO8S. The van der Waals surface area contributed by atoms with E-state index < -0.39 is 64.0 Å². The Kier molecular flexibility index (Phi) is 14.6. The fourth-order valence-corrected chi connectivity index (χ4v) is 6.67. The van der Waals surface area contributed by atoms with E-state index in [-0.39, 0.29) is 35.5 Å². The number of hydrogen-bond acceptors (Lipinski definition) is 7. The van der Waals surface area contributed by atoms with Crippen molar-refractivity contribution in [1.82, 2.24) is 16.0 Å². The van der Waals surface area contributed by atoms with Crippen molar-refractivity contribution < 1.29 is 37.2 Å². The number of aliphatic hydroxyl groups is 1. The van der Waals surface area contributed by atoms with Crippen LogP contribution < -0.4 is 16.0 Å². The number of aliphatic hydroxyl groups excluding tert-OH is 1. The van der Waals surface area contributed by atoms with Crippen LogP contribution in [0.15, 0.2) is 54.6 Å². The predicted molar refractivity (Wildman–Crippen MR) is 171 cm³/mol. The van der Waals surface area contributed by atoms with Crippen LogP contribution in [0.25, 0.3) is 0 Å². The molecule has 2 aromatic carbocycles. The first-order chi connectivity index (χ1) is 21.0. The second kappa shape index (κ2) is 17.7. The van der Waals surface area contributed by atoms with E-state index in [2.05, 4.69) is 16.0 Å². The molecule has 5 atom stereocenters. The van der Waals surface area contributed by atoms with Crippen molar-refractivity contribution in [3.05, 3.63) is 70.7 Å². The number of alkyl carbamates (subject to hydrolysis) is 1. The predicted octanol–water partition coefficient (Wildman–Crippen LogP) is 3.26. The van der Waals surface area contributed by atoms with Crippen molar-refractivity contribution in [2.45, 2.75) is 81.4 Å². The number of hydrogen-bond donors (Lipinski definition) is 5. The summed E-state index contributed by atoms with van der Waals surface area (Å²) >= 11 is 6.18. The minimum atomic E-state index is -4.84. The van der Waals surface area contributed by atoms with Gasteiger partial charge < -0.3 is 25.8 Å². The standard InChI is InChI=1S/C31H40ClN3O8S.Na.H/c32-23-13-7-10-21(16-23)18-27(22-11-5-2-6-12-22)43-31(39)35-26(17-20-8-3-1-4-9-20)30(38)34-25(19-28(36)44(40,41)42)24-14-15-33-29(24)37;;/h2,5-7,10-13,16,20,24-28,36H,1,3-4,8-9,14-15,17-19H2,(H,33,37)(H,34,38)(H,35,39)(H,40,41,42);;/t24-,25?,26-,27?,28?;;/m0../s1. The molecule has 11 nitrogen and oxygen atoms in total. The fraction of sp³-hybridized carbons (Fsp3) is 0.516. The second-order valence-electron chi connectivity index (χ2n) is 11.6. The Hall–Kier alpha value is -2.19. The van der Waals surface area contributed by atoms with E-state index in [1.165, 1.54) is 0 Å². The zero-order chi connectivity index (χ0) is 31.7. The van der Waals surface area contributed by atoms with Gasteiger partial charge >= 0.3 is 35.7 Å². The van der Waals surface area contributed by atoms with Gasteiger partial charge in [-0.2, -0.15) is 8.42 Å². The molecule has 0 aromatic heterocycles. The van der Waals surface area contributed by atoms with Crippen LogP contribution in [0.2, 0.25) is 5.02 Å². The summed E-state index contributed by atoms with van der Waals surface area (Å²) in [7, 11) is -4.84. The molecule has 2 aliphatic rings. The third-order valence-corrected chi connectivity index (χ3v) is 9.45. The molecule has 3 amide bonds. The van der Waals surface area contributed by atoms with Crippen LogP contribution in [0.3, 0.4) is 0 Å². The summed E-state index contributed by atoms with van der Waals surface area (Å²) in [4.78, 5) is 39.6. The van der Waals surface area contributed by atoms with Gasteiger partial charge in [0.1, 0.15) is 12.1 Å². The number of benzene rings is 2. The van der Waals surface area contributed by atoms with Crippen LogP contribution in [0.1, 0.15) is 68.6 Å². The quantitative estimate of drug-likeness (QED) is 0.159. The third-order valence-electron chi connectivity index (χ3n) is 8.34. The number of rotatable bonds is 13. The van der Waals surface area contributed by atoms with Gasteiger partial charge in [0.05, 0.1) is 5.92 Å². The second-order valence-corrected chi connectivity index (χ2v) is 13.6. The molecule has 45 heavy (non-hydrogen) atoms. The summed E-state index contributed by atoms with van der Waals surface area (Å²) in [6, 6.07) is 14.3. The number of carbonyl (C=O) groups is 3. The molecule has 1 aliphatic heterocycles. The zero-order valence-electron chi connectivity index (χ0n) is 24.4. The van der Waals surface area contributed by atoms with Crippen molar-refractivity contribution >= 4 is 69.2 Å². The Balaban J connectivity index is 0.00000552. The average molecular weight is 674 g/mol. The first-order valence-corrected chi connectivity index (χ1v) is 16.9. The molecular weight excluding hydrogens is 633 g/mol. The van der Waals surface area contributed by atoms with Crippen LogP contribution in [0, 0.1) is 11.8 Å². The van der Waals surface area contributed by atoms with E-state index in [1.807, 2.05) is 42.5 Å². The first kappa shape index (κ1) is 37.3. The molecule has 242 valence electrons. The van der Waals surface area contributed by atoms with Crippen LogP contribution in [0.4, 0.5) is 4.79 Å². The molecule has 1 heterocycles. The molecule has 14 heteroatoms. The Morgan fingerprint density at radius 3 is 2.36 bits per heavy atom. The molecule has 3 unspecified atom stereocenters. The van der Waals surface area contributed by atoms with Gasteiger partial charge in [-0.05, 0) is 42.0 Å². The molecule has 1 saturated carbocycles. The van der Waals surface area contributed by atoms with E-state index in [9.17, 15) is 32.5 Å². The summed E-state index contributed by atoms with van der Waals surface area (Å²) in [5.74, 6) is -1.70. The summed E-state index contributed by atoms with van der Waals surface area (Å²) < 4.78 is 38.4. The van der Waals surface area contributed by atoms with E-state index in [4.69, 9.17) is 16.3 Å². The number of halogens is 1. The van der Waals surface area contributed by atoms with E-state index in [1.54, 1.807) is 12.1 Å². The molecule has 5 N–H and O–H groups in total. The Bertz CT molecular complexity index is 1390. The molecule has 0 bridgehead atoms. The van der Waals surface area contributed by atoms with Crippen molar-refractivity contribution in [3.63, 3.8) is 0 Å². The van der Waals surface area contributed by atoms with Gasteiger partial charge in [-0.1, -0.05) is 86.2 Å². The molecule has 2 fully saturated rings. The number of nitrogens with one attached hydrogen (secondary N) is 3. The van der Waals surface area contributed by atoms with Crippen LogP contribution in [0.5, 0.6) is 0 Å². The van der Waals surface area contributed by atoms with Crippen LogP contribution in [-0.4, -0.2) is 89.6 Å². The summed E-state index contributed by atoms with van der Waals surface area (Å²) in [5, 5.41) is 18.7. The number of ether oxygens (including phenoxy) is 1. The summed E-state index contributed by atoms with van der Waals surface area (Å²) in [5.41, 5.74) is -0.595. The molecule has 4 rings (SSSR count). The van der Waals surface area contributed by atoms with Crippen molar-refractivity contribution in [1.29, 1.82) is 0 Å². The summed E-state index contributed by atoms with van der Waals surface area (Å²) in [6.07, 6.45) is 3.73. The Morgan fingerprint density at radius 2 is 1.73 bits per heavy atom. The summed E-state index contributed by atoms with van der Waals surface area (Å²) in [6.45, 7) is 0.321. The van der Waals surface area contributed by atoms with E-state index in [0.29, 0.717) is 30.8 Å². The molecule has 2 aromatic rings. The molecule has 0 spiro atoms. The van der Waals surface area contributed by atoms with E-state index >= 15 is 0 Å². The molecule has 1 saturated heterocycles. The molecule has 1 aliphatic carbocycles. The van der Waals surface area contributed by atoms with Gasteiger partial charge in [0.15, 0.2) is 5.44 Å². The zero-order valence-corrected chi connectivity index (χ0v) is 25.9. The Labute approximate surface area is 291 Å². The van der Waals surface area contributed by atoms with Gasteiger partial charge in [0.25, 0.3) is 10.1 Å². The number of carbonyl (C=O) groups excluding carboxylic acids is 3. The monoisotopic (exact) mass is 673 g/mol. The van der Waals surface area contributed by atoms with Gasteiger partial charge in [0.2, 0.25) is 11.8 Å². The fourth-order valence-electron chi connectivity index (χ4n) is 6.01. The van der Waals surface area contributed by atoms with E-state index in [0.717, 1.165) is 43.2 Å². The van der Waals surface area contributed by atoms with Crippen LogP contribution in [-0.2, 0) is 30.9 Å². The maximum absolute atomic E-state index is 13.7. The number of amides is 3. The first-order valence-electron chi connectivity index (χ1n) is 15.0. The van der Waals surface area contributed by atoms with Gasteiger partial charge in [0, 0.05) is 30.5 Å². The van der Waals surface area contributed by atoms with Crippen molar-refractivity contribution in [3.8, 4) is 0 Å². The SMILES string of the molecule is O=C(N[C@@H](CC1CCCCC1)C(=O)NC(CC(O)S(=O)(=O)O)[C@@H]1CCNC1=O)OC(Cc1cccc(Cl)c1)c1ccccc1.[NaH]. The van der Waals surface area contributed by atoms with Gasteiger partial charge in [-0.25, -0.2) is 4.79 Å². The molecule has 0 radical (unpaired) electrons. The minimum absolute atomic E-state index is 0. The third kappa shape index (κ3) is 11.5. The van der Waals surface area contributed by atoms with Crippen LogP contribution >= 0.6 is 11.6 Å². The Morgan fingerprint density at radius 1 is 1.02 bits per heavy atom. The van der Waals surface area contributed by atoms with Crippen molar-refractivity contribution in [2.24, 2.45) is 11.8 Å². The topological polar surface area (TPSA) is 171 Å². The van der Waals surface area contributed by atoms with Gasteiger partial charge in [-0.3, -0.25) is 14.1 Å². The van der Waals surface area contributed by atoms with Crippen molar-refractivity contribution in [2.75, 3.05) is 6.54 Å². The maximum atomic E-state index is 13.7. The average Bonchev–Trinajstić information content (AvgIpc) is 3.42.